The van der Waals surface area contributed by atoms with Crippen molar-refractivity contribution in [1.82, 2.24) is 9.62 Å². The van der Waals surface area contributed by atoms with Crippen molar-refractivity contribution in [3.05, 3.63) is 65.7 Å². The molecule has 0 atom stereocenters. The van der Waals surface area contributed by atoms with Gasteiger partial charge in [0, 0.05) is 38.0 Å². The third-order valence-electron chi connectivity index (χ3n) is 5.54. The summed E-state index contributed by atoms with van der Waals surface area (Å²) in [6, 6.07) is 15.8. The Morgan fingerprint density at radius 2 is 1.48 bits per heavy atom. The van der Waals surface area contributed by atoms with Gasteiger partial charge in [0.1, 0.15) is 0 Å². The van der Waals surface area contributed by atoms with Gasteiger partial charge in [-0.25, -0.2) is 8.42 Å². The second-order valence-electron chi connectivity index (χ2n) is 7.85. The number of carbonyl (C=O) groups is 2. The molecule has 7 heteroatoms. The number of Topliss-reactive ketones (excluding diaryl/α,β-unsaturated/α-hetero) is 1. The molecule has 0 spiro atoms. The van der Waals surface area contributed by atoms with Gasteiger partial charge < -0.3 is 5.32 Å². The number of nitrogens with one attached hydrogen (secondary N) is 1. The van der Waals surface area contributed by atoms with E-state index in [0.717, 1.165) is 31.2 Å². The lowest BCUT2D eigenvalue weighted by atomic mass is 10.1. The summed E-state index contributed by atoms with van der Waals surface area (Å²) in [5, 5.41) is 2.82. The molecule has 0 aromatic heterocycles. The van der Waals surface area contributed by atoms with Crippen LogP contribution in [0.25, 0.3) is 0 Å². The first-order valence-corrected chi connectivity index (χ1v) is 12.3. The molecule has 1 fully saturated rings. The van der Waals surface area contributed by atoms with Crippen LogP contribution < -0.4 is 5.32 Å². The van der Waals surface area contributed by atoms with Gasteiger partial charge in [-0.05, 0) is 37.0 Å². The van der Waals surface area contributed by atoms with Crippen molar-refractivity contribution in [3.8, 4) is 0 Å². The summed E-state index contributed by atoms with van der Waals surface area (Å²) in [6.45, 7) is 1.61. The summed E-state index contributed by atoms with van der Waals surface area (Å²) in [5.74, 6) is -0.207. The Labute approximate surface area is 184 Å². The number of nitrogens with zero attached hydrogens (tertiary/aromatic N) is 1. The zero-order chi connectivity index (χ0) is 22.1. The summed E-state index contributed by atoms with van der Waals surface area (Å²) >= 11 is 0. The van der Waals surface area contributed by atoms with Gasteiger partial charge >= 0.3 is 0 Å². The number of rotatable bonds is 9. The van der Waals surface area contributed by atoms with E-state index in [9.17, 15) is 18.0 Å². The van der Waals surface area contributed by atoms with E-state index in [4.69, 9.17) is 0 Å². The Bertz CT molecular complexity index is 964. The largest absolute Gasteiger partial charge is 0.356 e. The van der Waals surface area contributed by atoms with E-state index < -0.39 is 10.0 Å². The van der Waals surface area contributed by atoms with Crippen LogP contribution in [0.15, 0.2) is 59.5 Å². The number of benzene rings is 2. The minimum atomic E-state index is -3.44. The van der Waals surface area contributed by atoms with Gasteiger partial charge in [0.05, 0.1) is 4.90 Å². The SMILES string of the molecule is O=C(CCC(=O)c1ccccc1)NCCc1ccc(S(=O)(=O)N2CCCCCC2)cc1. The predicted molar refractivity (Wildman–Crippen MR) is 120 cm³/mol. The van der Waals surface area contributed by atoms with Gasteiger partial charge in [0.25, 0.3) is 0 Å². The third kappa shape index (κ3) is 6.74. The highest BCUT2D eigenvalue weighted by Crippen LogP contribution is 2.20. The number of carbonyl (C=O) groups excluding carboxylic acids is 2. The first kappa shape index (κ1) is 23.2. The smallest absolute Gasteiger partial charge is 0.243 e. The molecule has 0 radical (unpaired) electrons. The molecule has 0 unspecified atom stereocenters. The Morgan fingerprint density at radius 3 is 2.13 bits per heavy atom. The maximum atomic E-state index is 12.8. The molecule has 1 heterocycles. The maximum Gasteiger partial charge on any atom is 0.243 e. The Kier molecular flexibility index (Phi) is 8.37. The number of hydrogen-bond acceptors (Lipinski definition) is 4. The van der Waals surface area contributed by atoms with E-state index in [0.29, 0.717) is 36.5 Å². The van der Waals surface area contributed by atoms with Crippen molar-refractivity contribution in [2.45, 2.75) is 49.8 Å². The van der Waals surface area contributed by atoms with Crippen molar-refractivity contribution in [1.29, 1.82) is 0 Å². The molecule has 0 bridgehead atoms. The van der Waals surface area contributed by atoms with Crippen LogP contribution in [0.4, 0.5) is 0 Å². The van der Waals surface area contributed by atoms with E-state index in [1.165, 1.54) is 0 Å². The summed E-state index contributed by atoms with van der Waals surface area (Å²) in [5.41, 5.74) is 1.57. The van der Waals surface area contributed by atoms with Gasteiger partial charge in [0.15, 0.2) is 5.78 Å². The number of sulfonamides is 1. The Hall–Kier alpha value is -2.51. The lowest BCUT2D eigenvalue weighted by molar-refractivity contribution is -0.121. The van der Waals surface area contributed by atoms with Crippen LogP contribution in [0.2, 0.25) is 0 Å². The third-order valence-corrected chi connectivity index (χ3v) is 7.45. The van der Waals surface area contributed by atoms with Crippen LogP contribution in [-0.4, -0.2) is 44.0 Å². The lowest BCUT2D eigenvalue weighted by Crippen LogP contribution is -2.31. The molecule has 1 amide bonds. The van der Waals surface area contributed by atoms with E-state index >= 15 is 0 Å². The predicted octanol–water partition coefficient (Wildman–Crippen LogP) is 3.57. The highest BCUT2D eigenvalue weighted by molar-refractivity contribution is 7.89. The molecule has 1 N–H and O–H groups in total. The number of ketones is 1. The van der Waals surface area contributed by atoms with Crippen LogP contribution in [-0.2, 0) is 21.2 Å². The summed E-state index contributed by atoms with van der Waals surface area (Å²) in [4.78, 5) is 24.4. The van der Waals surface area contributed by atoms with E-state index in [-0.39, 0.29) is 24.5 Å². The quantitative estimate of drug-likeness (QED) is 0.602. The second kappa shape index (κ2) is 11.2. The highest BCUT2D eigenvalue weighted by Gasteiger charge is 2.24. The van der Waals surface area contributed by atoms with Crippen LogP contribution in [0, 0.1) is 0 Å². The summed E-state index contributed by atoms with van der Waals surface area (Å²) < 4.78 is 27.2. The van der Waals surface area contributed by atoms with Crippen LogP contribution in [0.1, 0.15) is 54.4 Å². The Morgan fingerprint density at radius 1 is 0.839 bits per heavy atom. The van der Waals surface area contributed by atoms with Crippen molar-refractivity contribution < 1.29 is 18.0 Å². The van der Waals surface area contributed by atoms with Crippen molar-refractivity contribution in [2.75, 3.05) is 19.6 Å². The normalized spacial score (nSPS) is 15.2. The molecule has 0 saturated carbocycles. The topological polar surface area (TPSA) is 83.5 Å². The first-order chi connectivity index (χ1) is 15.0. The fourth-order valence-electron chi connectivity index (χ4n) is 3.69. The van der Waals surface area contributed by atoms with Crippen LogP contribution in [0.3, 0.4) is 0 Å². The molecule has 2 aromatic rings. The molecule has 1 aliphatic rings. The molecule has 166 valence electrons. The molecule has 3 rings (SSSR count). The highest BCUT2D eigenvalue weighted by atomic mass is 32.2. The molecular formula is C24H30N2O4S. The number of amides is 1. The Balaban J connectivity index is 1.43. The van der Waals surface area contributed by atoms with E-state index in [2.05, 4.69) is 5.32 Å². The average Bonchev–Trinajstić information content (AvgIpc) is 3.09. The van der Waals surface area contributed by atoms with Crippen LogP contribution in [0.5, 0.6) is 0 Å². The minimum absolute atomic E-state index is 0.0445. The van der Waals surface area contributed by atoms with Gasteiger partial charge in [0.2, 0.25) is 15.9 Å². The van der Waals surface area contributed by atoms with Gasteiger partial charge in [-0.15, -0.1) is 0 Å². The van der Waals surface area contributed by atoms with Crippen molar-refractivity contribution >= 4 is 21.7 Å². The average molecular weight is 443 g/mol. The zero-order valence-electron chi connectivity index (χ0n) is 17.8. The molecule has 0 aliphatic carbocycles. The van der Waals surface area contributed by atoms with Gasteiger partial charge in [-0.1, -0.05) is 55.3 Å². The van der Waals surface area contributed by atoms with Crippen LogP contribution >= 0.6 is 0 Å². The zero-order valence-corrected chi connectivity index (χ0v) is 18.6. The molecule has 31 heavy (non-hydrogen) atoms. The molecule has 2 aromatic carbocycles. The maximum absolute atomic E-state index is 12.8. The monoisotopic (exact) mass is 442 g/mol. The van der Waals surface area contributed by atoms with Crippen molar-refractivity contribution in [2.24, 2.45) is 0 Å². The summed E-state index contributed by atoms with van der Waals surface area (Å²) in [7, 11) is -3.44. The molecule has 1 saturated heterocycles. The second-order valence-corrected chi connectivity index (χ2v) is 9.79. The van der Waals surface area contributed by atoms with Crippen molar-refractivity contribution in [3.63, 3.8) is 0 Å². The summed E-state index contributed by atoms with van der Waals surface area (Å²) in [6.07, 6.45) is 4.91. The van der Waals surface area contributed by atoms with E-state index in [1.54, 1.807) is 52.8 Å². The molecule has 6 nitrogen and oxygen atoms in total. The van der Waals surface area contributed by atoms with Gasteiger partial charge in [-0.3, -0.25) is 9.59 Å². The first-order valence-electron chi connectivity index (χ1n) is 10.9. The minimum Gasteiger partial charge on any atom is -0.356 e. The standard InChI is InChI=1S/C24H30N2O4S/c27-23(21-8-4-3-5-9-21)14-15-24(28)25-17-16-20-10-12-22(13-11-20)31(29,30)26-18-6-1-2-7-19-26/h3-5,8-13H,1-2,6-7,14-19H2,(H,25,28). The van der Waals surface area contributed by atoms with Gasteiger partial charge in [-0.2, -0.15) is 4.31 Å². The van der Waals surface area contributed by atoms with E-state index in [1.807, 2.05) is 6.07 Å². The molecule has 1 aliphatic heterocycles. The number of hydrogen-bond donors (Lipinski definition) is 1. The fraction of sp³-hybridized carbons (Fsp3) is 0.417. The fourth-order valence-corrected chi connectivity index (χ4v) is 5.21. The lowest BCUT2D eigenvalue weighted by Gasteiger charge is -2.20. The molecular weight excluding hydrogens is 412 g/mol.